The van der Waals surface area contributed by atoms with E-state index < -0.39 is 11.9 Å². The van der Waals surface area contributed by atoms with Gasteiger partial charge < -0.3 is 13.9 Å². The maximum atomic E-state index is 13.7. The molecule has 4 aromatic rings. The summed E-state index contributed by atoms with van der Waals surface area (Å²) < 4.78 is 17.5. The average Bonchev–Trinajstić information content (AvgIpc) is 3.15. The lowest BCUT2D eigenvalue weighted by Crippen LogP contribution is -2.29. The van der Waals surface area contributed by atoms with Crippen LogP contribution in [0.15, 0.2) is 75.9 Å². The molecule has 6 nitrogen and oxygen atoms in total. The van der Waals surface area contributed by atoms with Crippen molar-refractivity contribution in [1.82, 2.24) is 0 Å². The highest BCUT2D eigenvalue weighted by Gasteiger charge is 2.44. The molecule has 1 unspecified atom stereocenters. The number of fused-ring (bicyclic) bond motifs is 2. The van der Waals surface area contributed by atoms with Crippen LogP contribution in [0.5, 0.6) is 11.5 Å². The van der Waals surface area contributed by atoms with Gasteiger partial charge in [0.15, 0.2) is 16.9 Å². The second-order valence-corrected chi connectivity index (χ2v) is 9.28. The summed E-state index contributed by atoms with van der Waals surface area (Å²) >= 11 is 6.26. The van der Waals surface area contributed by atoms with Gasteiger partial charge in [-0.1, -0.05) is 49.7 Å². The Morgan fingerprint density at radius 2 is 1.80 bits per heavy atom. The van der Waals surface area contributed by atoms with Gasteiger partial charge in [-0.2, -0.15) is 0 Å². The van der Waals surface area contributed by atoms with Crippen molar-refractivity contribution in [2.45, 2.75) is 19.9 Å². The van der Waals surface area contributed by atoms with Gasteiger partial charge in [0.1, 0.15) is 5.58 Å². The van der Waals surface area contributed by atoms with Crippen molar-refractivity contribution in [3.8, 4) is 11.5 Å². The normalized spacial score (nSPS) is 15.1. The summed E-state index contributed by atoms with van der Waals surface area (Å²) in [7, 11) is 1.56. The number of para-hydroxylation sites is 1. The van der Waals surface area contributed by atoms with Crippen molar-refractivity contribution in [2.75, 3.05) is 18.6 Å². The second kappa shape index (κ2) is 9.12. The molecule has 1 aromatic heterocycles. The molecule has 1 atom stereocenters. The summed E-state index contributed by atoms with van der Waals surface area (Å²) in [6.45, 7) is 4.66. The van der Waals surface area contributed by atoms with Gasteiger partial charge in [0, 0.05) is 10.7 Å². The Hall–Kier alpha value is -3.77. The monoisotopic (exact) mass is 489 g/mol. The van der Waals surface area contributed by atoms with Crippen molar-refractivity contribution < 1.29 is 18.7 Å². The molecular formula is C28H24ClNO5. The van der Waals surface area contributed by atoms with E-state index in [4.69, 9.17) is 25.5 Å². The summed E-state index contributed by atoms with van der Waals surface area (Å²) in [6, 6.07) is 18.6. The van der Waals surface area contributed by atoms with Gasteiger partial charge in [-0.15, -0.1) is 0 Å². The van der Waals surface area contributed by atoms with Gasteiger partial charge in [-0.05, 0) is 53.9 Å². The first-order valence-electron chi connectivity index (χ1n) is 11.3. The highest BCUT2D eigenvalue weighted by atomic mass is 35.5. The van der Waals surface area contributed by atoms with E-state index in [2.05, 4.69) is 13.8 Å². The molecule has 5 rings (SSSR count). The van der Waals surface area contributed by atoms with E-state index in [0.29, 0.717) is 51.3 Å². The number of hydrogen-bond donors (Lipinski definition) is 0. The van der Waals surface area contributed by atoms with E-state index in [0.717, 1.165) is 0 Å². The highest BCUT2D eigenvalue weighted by Crippen LogP contribution is 2.43. The van der Waals surface area contributed by atoms with E-state index in [1.165, 1.54) is 0 Å². The predicted octanol–water partition coefficient (Wildman–Crippen LogP) is 6.24. The predicted molar refractivity (Wildman–Crippen MR) is 136 cm³/mol. The van der Waals surface area contributed by atoms with Crippen molar-refractivity contribution in [1.29, 1.82) is 0 Å². The molecular weight excluding hydrogens is 466 g/mol. The van der Waals surface area contributed by atoms with E-state index in [-0.39, 0.29) is 16.8 Å². The number of carbonyl (C=O) groups excluding carboxylic acids is 1. The van der Waals surface area contributed by atoms with Gasteiger partial charge in [0.2, 0.25) is 5.76 Å². The zero-order valence-electron chi connectivity index (χ0n) is 19.6. The Kier molecular flexibility index (Phi) is 5.99. The van der Waals surface area contributed by atoms with Crippen LogP contribution in [0, 0.1) is 5.92 Å². The maximum Gasteiger partial charge on any atom is 0.295 e. The minimum Gasteiger partial charge on any atom is -0.493 e. The zero-order chi connectivity index (χ0) is 24.7. The van der Waals surface area contributed by atoms with Crippen molar-refractivity contribution in [3.05, 3.63) is 98.9 Å². The molecule has 0 saturated carbocycles. The molecule has 0 radical (unpaired) electrons. The number of rotatable bonds is 6. The van der Waals surface area contributed by atoms with Crippen LogP contribution in [-0.4, -0.2) is 19.6 Å². The van der Waals surface area contributed by atoms with Crippen LogP contribution in [0.2, 0.25) is 5.02 Å². The molecule has 0 aliphatic carbocycles. The standard InChI is InChI=1S/C28H24ClNO5/c1-16(2)15-34-22-12-11-17(13-23(22)33-3)25-24-26(31)20-9-4-5-10-21(20)35-27(24)28(32)30(25)19-8-6-7-18(29)14-19/h4-14,16,25H,15H2,1-3H3. The fraction of sp³-hybridized carbons (Fsp3) is 0.214. The largest absolute Gasteiger partial charge is 0.493 e. The lowest BCUT2D eigenvalue weighted by Gasteiger charge is -2.26. The van der Waals surface area contributed by atoms with Gasteiger partial charge in [-0.3, -0.25) is 14.5 Å². The van der Waals surface area contributed by atoms with Crippen LogP contribution >= 0.6 is 11.6 Å². The molecule has 7 heteroatoms. The van der Waals surface area contributed by atoms with Crippen LogP contribution in [0.1, 0.15) is 41.6 Å². The third-order valence-corrected chi connectivity index (χ3v) is 6.17. The molecule has 0 saturated heterocycles. The number of hydrogen-bond acceptors (Lipinski definition) is 5. The number of nitrogens with zero attached hydrogens (tertiary/aromatic N) is 1. The van der Waals surface area contributed by atoms with Gasteiger partial charge in [0.05, 0.1) is 30.7 Å². The molecule has 0 N–H and O–H groups in total. The van der Waals surface area contributed by atoms with Crippen LogP contribution in [0.25, 0.3) is 11.0 Å². The van der Waals surface area contributed by atoms with E-state index in [9.17, 15) is 9.59 Å². The molecule has 178 valence electrons. The highest BCUT2D eigenvalue weighted by molar-refractivity contribution is 6.31. The molecule has 0 bridgehead atoms. The van der Waals surface area contributed by atoms with E-state index in [1.54, 1.807) is 72.7 Å². The first-order chi connectivity index (χ1) is 16.9. The lowest BCUT2D eigenvalue weighted by molar-refractivity contribution is 0.0971. The fourth-order valence-electron chi connectivity index (χ4n) is 4.36. The first-order valence-corrected chi connectivity index (χ1v) is 11.7. The van der Waals surface area contributed by atoms with E-state index >= 15 is 0 Å². The summed E-state index contributed by atoms with van der Waals surface area (Å²) in [5, 5.41) is 0.894. The number of amides is 1. The summed E-state index contributed by atoms with van der Waals surface area (Å²) in [6.07, 6.45) is 0. The van der Waals surface area contributed by atoms with Crippen molar-refractivity contribution >= 4 is 34.2 Å². The molecule has 1 amide bonds. The van der Waals surface area contributed by atoms with Gasteiger partial charge in [0.25, 0.3) is 5.91 Å². The number of halogens is 1. The summed E-state index contributed by atoms with van der Waals surface area (Å²) in [5.41, 5.74) is 1.65. The van der Waals surface area contributed by atoms with Crippen LogP contribution < -0.4 is 19.8 Å². The Labute approximate surface area is 207 Å². The third-order valence-electron chi connectivity index (χ3n) is 5.94. The van der Waals surface area contributed by atoms with Gasteiger partial charge in [-0.25, -0.2) is 0 Å². The number of anilines is 1. The minimum atomic E-state index is -0.732. The Bertz CT molecular complexity index is 1490. The first kappa shape index (κ1) is 23.0. The van der Waals surface area contributed by atoms with Crippen LogP contribution in [-0.2, 0) is 0 Å². The lowest BCUT2D eigenvalue weighted by atomic mass is 9.97. The molecule has 1 aliphatic heterocycles. The molecule has 2 heterocycles. The number of ether oxygens (including phenoxy) is 2. The molecule has 35 heavy (non-hydrogen) atoms. The SMILES string of the molecule is COc1cc(C2c3c(oc4ccccc4c3=O)C(=O)N2c2cccc(Cl)c2)ccc1OCC(C)C. The van der Waals surface area contributed by atoms with E-state index in [1.807, 2.05) is 6.07 Å². The van der Waals surface area contributed by atoms with Crippen molar-refractivity contribution in [2.24, 2.45) is 5.92 Å². The molecule has 1 aliphatic rings. The quantitative estimate of drug-likeness (QED) is 0.320. The van der Waals surface area contributed by atoms with Gasteiger partial charge >= 0.3 is 0 Å². The van der Waals surface area contributed by atoms with Crippen LogP contribution in [0.4, 0.5) is 5.69 Å². The zero-order valence-corrected chi connectivity index (χ0v) is 20.3. The number of carbonyl (C=O) groups is 1. The molecule has 3 aromatic carbocycles. The smallest absolute Gasteiger partial charge is 0.295 e. The van der Waals surface area contributed by atoms with Crippen LogP contribution in [0.3, 0.4) is 0 Å². The molecule has 0 fully saturated rings. The maximum absolute atomic E-state index is 13.7. The Balaban J connectivity index is 1.72. The number of methoxy groups -OCH3 is 1. The Morgan fingerprint density at radius 1 is 1.00 bits per heavy atom. The Morgan fingerprint density at radius 3 is 2.54 bits per heavy atom. The van der Waals surface area contributed by atoms with Crippen molar-refractivity contribution in [3.63, 3.8) is 0 Å². The number of benzene rings is 3. The third kappa shape index (κ3) is 4.04. The minimum absolute atomic E-state index is 0.0257. The average molecular weight is 490 g/mol. The summed E-state index contributed by atoms with van der Waals surface area (Å²) in [4.78, 5) is 28.9. The topological polar surface area (TPSA) is 69.0 Å². The fourth-order valence-corrected chi connectivity index (χ4v) is 4.54. The second-order valence-electron chi connectivity index (χ2n) is 8.84. The summed E-state index contributed by atoms with van der Waals surface area (Å²) in [5.74, 6) is 1.07. The molecule has 0 spiro atoms.